The van der Waals surface area contributed by atoms with Crippen LogP contribution in [0.4, 0.5) is 0 Å². The molecule has 0 aliphatic heterocycles. The summed E-state index contributed by atoms with van der Waals surface area (Å²) in [5.41, 5.74) is -0.146. The molecule has 4 heteroatoms. The van der Waals surface area contributed by atoms with Crippen LogP contribution in [0.2, 0.25) is 0 Å². The summed E-state index contributed by atoms with van der Waals surface area (Å²) < 4.78 is 11.8. The number of aliphatic hydroxyl groups is 1. The number of Topliss-reactive ketones (excluding diaryl/α,β-unsaturated/α-hetero) is 1. The van der Waals surface area contributed by atoms with Gasteiger partial charge in [-0.25, -0.2) is 0 Å². The highest BCUT2D eigenvalue weighted by atomic mass is 16.3. The van der Waals surface area contributed by atoms with Crippen molar-refractivity contribution in [2.24, 2.45) is 5.92 Å². The highest BCUT2D eigenvalue weighted by molar-refractivity contribution is 6.03. The van der Waals surface area contributed by atoms with Gasteiger partial charge in [-0.3, -0.25) is 4.79 Å². The maximum atomic E-state index is 14.5. The van der Waals surface area contributed by atoms with E-state index in [0.717, 1.165) is 32.9 Å². The molecule has 0 bridgehead atoms. The first-order chi connectivity index (χ1) is 18.6. The van der Waals surface area contributed by atoms with Crippen LogP contribution < -0.4 is 0 Å². The zero-order valence-electron chi connectivity index (χ0n) is 20.7. The van der Waals surface area contributed by atoms with Gasteiger partial charge in [0.2, 0.25) is 0 Å². The molecular weight excluding hydrogens is 472 g/mol. The first-order valence-corrected chi connectivity index (χ1v) is 12.9. The Morgan fingerprint density at radius 1 is 0.684 bits per heavy atom. The van der Waals surface area contributed by atoms with Crippen LogP contribution in [0, 0.1) is 5.92 Å². The van der Waals surface area contributed by atoms with Crippen LogP contribution in [0.5, 0.6) is 0 Å². The Kier molecular flexibility index (Phi) is 5.31. The van der Waals surface area contributed by atoms with Crippen molar-refractivity contribution in [3.63, 3.8) is 0 Å². The average molecular weight is 499 g/mol. The van der Waals surface area contributed by atoms with E-state index < -0.39 is 17.4 Å². The van der Waals surface area contributed by atoms with E-state index in [-0.39, 0.29) is 11.7 Å². The average Bonchev–Trinajstić information content (AvgIpc) is 3.73. The molecule has 7 rings (SSSR count). The summed E-state index contributed by atoms with van der Waals surface area (Å²) in [5.74, 6) is -0.150. The molecule has 186 valence electrons. The van der Waals surface area contributed by atoms with Crippen molar-refractivity contribution in [3.8, 4) is 0 Å². The molecule has 1 N–H and O–H groups in total. The van der Waals surface area contributed by atoms with Gasteiger partial charge in [0.15, 0.2) is 5.78 Å². The van der Waals surface area contributed by atoms with E-state index in [9.17, 15) is 9.90 Å². The van der Waals surface area contributed by atoms with Gasteiger partial charge in [-0.15, -0.1) is 0 Å². The summed E-state index contributed by atoms with van der Waals surface area (Å²) >= 11 is 0. The zero-order chi connectivity index (χ0) is 25.7. The second kappa shape index (κ2) is 8.86. The van der Waals surface area contributed by atoms with Gasteiger partial charge in [-0.05, 0) is 69.9 Å². The molecule has 1 saturated carbocycles. The van der Waals surface area contributed by atoms with Gasteiger partial charge in [0, 0.05) is 17.4 Å². The van der Waals surface area contributed by atoms with Crippen LogP contribution in [-0.4, -0.2) is 10.9 Å². The largest absolute Gasteiger partial charge is 0.469 e. The molecule has 4 aromatic carbocycles. The fourth-order valence-electron chi connectivity index (χ4n) is 6.40. The summed E-state index contributed by atoms with van der Waals surface area (Å²) in [6.07, 6.45) is 3.59. The fourth-order valence-corrected chi connectivity index (χ4v) is 6.40. The molecule has 38 heavy (non-hydrogen) atoms. The topological polar surface area (TPSA) is 63.6 Å². The van der Waals surface area contributed by atoms with Crippen molar-refractivity contribution < 1.29 is 18.7 Å². The van der Waals surface area contributed by atoms with E-state index >= 15 is 0 Å². The lowest BCUT2D eigenvalue weighted by Gasteiger charge is -2.32. The van der Waals surface area contributed by atoms with Gasteiger partial charge in [0.1, 0.15) is 17.1 Å². The van der Waals surface area contributed by atoms with Gasteiger partial charge < -0.3 is 13.9 Å². The monoisotopic (exact) mass is 498 g/mol. The second-order valence-corrected chi connectivity index (χ2v) is 10.3. The van der Waals surface area contributed by atoms with Crippen molar-refractivity contribution in [2.75, 3.05) is 0 Å². The molecular formula is C34H26O4. The van der Waals surface area contributed by atoms with E-state index in [2.05, 4.69) is 0 Å². The fraction of sp³-hybridized carbons (Fsp3) is 0.147. The molecule has 1 aliphatic carbocycles. The normalized spacial score (nSPS) is 23.2. The van der Waals surface area contributed by atoms with E-state index in [1.807, 2.05) is 109 Å². The summed E-state index contributed by atoms with van der Waals surface area (Å²) in [6, 6.07) is 35.3. The number of carbonyl (C=O) groups is 1. The minimum atomic E-state index is -1.44. The zero-order valence-corrected chi connectivity index (χ0v) is 20.7. The van der Waals surface area contributed by atoms with Crippen LogP contribution >= 0.6 is 0 Å². The molecule has 1 fully saturated rings. The summed E-state index contributed by atoms with van der Waals surface area (Å²) in [6.45, 7) is 0. The molecule has 0 amide bonds. The maximum absolute atomic E-state index is 14.5. The molecule has 0 radical (unpaired) electrons. The molecule has 1 aliphatic rings. The van der Waals surface area contributed by atoms with Crippen LogP contribution in [-0.2, 0) is 5.60 Å². The van der Waals surface area contributed by atoms with Gasteiger partial charge in [0.25, 0.3) is 0 Å². The minimum absolute atomic E-state index is 0.109. The number of rotatable bonds is 5. The molecule has 6 aromatic rings. The molecule has 2 heterocycles. The van der Waals surface area contributed by atoms with Crippen molar-refractivity contribution in [2.45, 2.75) is 23.9 Å². The Morgan fingerprint density at radius 3 is 1.95 bits per heavy atom. The Labute approximate surface area is 220 Å². The molecule has 0 saturated heterocycles. The minimum Gasteiger partial charge on any atom is -0.469 e. The molecule has 0 unspecified atom stereocenters. The van der Waals surface area contributed by atoms with Crippen molar-refractivity contribution in [1.29, 1.82) is 0 Å². The van der Waals surface area contributed by atoms with Crippen LogP contribution in [0.25, 0.3) is 21.5 Å². The van der Waals surface area contributed by atoms with E-state index in [1.165, 1.54) is 0 Å². The lowest BCUT2D eigenvalue weighted by molar-refractivity contribution is -0.00127. The molecule has 4 atom stereocenters. The highest BCUT2D eigenvalue weighted by Gasteiger charge is 2.59. The Bertz CT molecular complexity index is 1750. The van der Waals surface area contributed by atoms with E-state index in [0.29, 0.717) is 17.7 Å². The van der Waals surface area contributed by atoms with Gasteiger partial charge in [0.05, 0.1) is 18.4 Å². The molecule has 4 nitrogen and oxygen atoms in total. The second-order valence-electron chi connectivity index (χ2n) is 10.3. The SMILES string of the molecule is O=C(c1ccc2ccccc2c1)[C@H]1[C@H](c2ccco2)[C@@H](c2ccco2)C[C@]1(O)c1ccc2ccccc2c1. The number of hydrogen-bond acceptors (Lipinski definition) is 4. The van der Waals surface area contributed by atoms with Gasteiger partial charge in [-0.2, -0.15) is 0 Å². The van der Waals surface area contributed by atoms with Crippen LogP contribution in [0.1, 0.15) is 45.7 Å². The first kappa shape index (κ1) is 22.8. The third kappa shape index (κ3) is 3.60. The highest BCUT2D eigenvalue weighted by Crippen LogP contribution is 2.59. The van der Waals surface area contributed by atoms with Crippen molar-refractivity contribution in [3.05, 3.63) is 144 Å². The quantitative estimate of drug-likeness (QED) is 0.246. The lowest BCUT2D eigenvalue weighted by atomic mass is 9.74. The Morgan fingerprint density at radius 2 is 1.29 bits per heavy atom. The molecule has 0 spiro atoms. The number of hydrogen-bond donors (Lipinski definition) is 1. The Balaban J connectivity index is 1.43. The number of furan rings is 2. The maximum Gasteiger partial charge on any atom is 0.169 e. The standard InChI is InChI=1S/C34H26O4/c35-33(26-14-13-22-7-1-3-9-24(22)19-26)32-31(30-12-6-18-38-30)28(29-11-5-17-37-29)21-34(32,36)27-16-15-23-8-2-4-10-25(23)20-27/h1-20,28,31-32,36H,21H2/t28-,31+,32-,34+/m1/s1. The third-order valence-electron chi connectivity index (χ3n) is 8.18. The smallest absolute Gasteiger partial charge is 0.169 e. The van der Waals surface area contributed by atoms with Gasteiger partial charge in [-0.1, -0.05) is 72.8 Å². The summed E-state index contributed by atoms with van der Waals surface area (Å²) in [7, 11) is 0. The lowest BCUT2D eigenvalue weighted by Crippen LogP contribution is -2.38. The summed E-state index contributed by atoms with van der Waals surface area (Å²) in [5, 5.41) is 16.8. The van der Waals surface area contributed by atoms with Gasteiger partial charge >= 0.3 is 0 Å². The van der Waals surface area contributed by atoms with Crippen LogP contribution in [0.15, 0.2) is 131 Å². The first-order valence-electron chi connectivity index (χ1n) is 12.9. The molecule has 2 aromatic heterocycles. The Hall–Kier alpha value is -4.41. The van der Waals surface area contributed by atoms with Crippen molar-refractivity contribution in [1.82, 2.24) is 0 Å². The number of carbonyl (C=O) groups excluding carboxylic acids is 1. The predicted octanol–water partition coefficient (Wildman–Crippen LogP) is 7.84. The number of fused-ring (bicyclic) bond motifs is 2. The summed E-state index contributed by atoms with van der Waals surface area (Å²) in [4.78, 5) is 14.5. The third-order valence-corrected chi connectivity index (χ3v) is 8.18. The number of ketones is 1. The van der Waals surface area contributed by atoms with Crippen LogP contribution in [0.3, 0.4) is 0 Å². The van der Waals surface area contributed by atoms with E-state index in [4.69, 9.17) is 8.83 Å². The predicted molar refractivity (Wildman–Crippen MR) is 147 cm³/mol. The number of benzene rings is 4. The van der Waals surface area contributed by atoms with E-state index in [1.54, 1.807) is 12.5 Å². The van der Waals surface area contributed by atoms with Crippen molar-refractivity contribution >= 4 is 27.3 Å².